The average molecular weight is 413 g/mol. The number of aliphatic carboxylic acids is 1. The third kappa shape index (κ3) is 4.65. The Kier molecular flexibility index (Phi) is 5.91. The van der Waals surface area contributed by atoms with E-state index in [4.69, 9.17) is 22.1 Å². The highest BCUT2D eigenvalue weighted by atomic mass is 32.2. The van der Waals surface area contributed by atoms with E-state index in [0.29, 0.717) is 21.8 Å². The lowest BCUT2D eigenvalue weighted by Crippen LogP contribution is -2.33. The zero-order valence-corrected chi connectivity index (χ0v) is 16.4. The molecular formula is C20H15NO5S2. The topological polar surface area (TPSA) is 83.9 Å². The molecule has 1 aliphatic rings. The minimum atomic E-state index is -1.13. The van der Waals surface area contributed by atoms with Gasteiger partial charge in [-0.25, -0.2) is 4.79 Å². The van der Waals surface area contributed by atoms with E-state index >= 15 is 0 Å². The van der Waals surface area contributed by atoms with Crippen molar-refractivity contribution in [3.05, 3.63) is 70.1 Å². The summed E-state index contributed by atoms with van der Waals surface area (Å²) < 4.78 is 5.56. The summed E-state index contributed by atoms with van der Waals surface area (Å²) in [6, 6.07) is 13.7. The van der Waals surface area contributed by atoms with Gasteiger partial charge in [0.25, 0.3) is 5.91 Å². The number of aryl methyl sites for hydroxylation is 1. The van der Waals surface area contributed by atoms with Crippen molar-refractivity contribution in [1.29, 1.82) is 0 Å². The SMILES string of the molecule is Cc1cccc(C(=O)Oc2ccc(/C=C3\SC(=S)N(CC(=O)O)C3=O)cc2)c1. The number of amides is 1. The number of carboxylic acids is 1. The minimum Gasteiger partial charge on any atom is -0.480 e. The van der Waals surface area contributed by atoms with Gasteiger partial charge in [-0.1, -0.05) is 53.8 Å². The lowest BCUT2D eigenvalue weighted by atomic mass is 10.1. The molecule has 0 bridgehead atoms. The Morgan fingerprint density at radius 1 is 1.21 bits per heavy atom. The molecular weight excluding hydrogens is 398 g/mol. The second kappa shape index (κ2) is 8.37. The van der Waals surface area contributed by atoms with Gasteiger partial charge in [-0.15, -0.1) is 0 Å². The van der Waals surface area contributed by atoms with Crippen LogP contribution in [0.4, 0.5) is 0 Å². The number of hydrogen-bond acceptors (Lipinski definition) is 6. The Balaban J connectivity index is 1.70. The summed E-state index contributed by atoms with van der Waals surface area (Å²) in [4.78, 5) is 36.7. The molecule has 1 N–H and O–H groups in total. The maximum atomic E-state index is 12.3. The van der Waals surface area contributed by atoms with Crippen LogP contribution in [0.15, 0.2) is 53.4 Å². The molecule has 2 aromatic carbocycles. The van der Waals surface area contributed by atoms with E-state index in [9.17, 15) is 14.4 Å². The van der Waals surface area contributed by atoms with Gasteiger partial charge >= 0.3 is 11.9 Å². The van der Waals surface area contributed by atoms with E-state index < -0.39 is 24.4 Å². The molecule has 0 aromatic heterocycles. The third-order valence-corrected chi connectivity index (χ3v) is 5.19. The predicted molar refractivity (Wildman–Crippen MR) is 110 cm³/mol. The second-order valence-corrected chi connectivity index (χ2v) is 7.67. The summed E-state index contributed by atoms with van der Waals surface area (Å²) in [6.07, 6.45) is 1.62. The highest BCUT2D eigenvalue weighted by molar-refractivity contribution is 8.26. The Bertz CT molecular complexity index is 998. The average Bonchev–Trinajstić information content (AvgIpc) is 2.90. The predicted octanol–water partition coefficient (Wildman–Crippen LogP) is 3.50. The number of thiocarbonyl (C=S) groups is 1. The fraction of sp³-hybridized carbons (Fsp3) is 0.100. The van der Waals surface area contributed by atoms with E-state index in [1.807, 2.05) is 13.0 Å². The molecule has 0 aliphatic carbocycles. The van der Waals surface area contributed by atoms with Crippen LogP contribution >= 0.6 is 24.0 Å². The minimum absolute atomic E-state index is 0.211. The Morgan fingerprint density at radius 2 is 1.93 bits per heavy atom. The molecule has 28 heavy (non-hydrogen) atoms. The number of benzene rings is 2. The van der Waals surface area contributed by atoms with Crippen LogP contribution in [0.25, 0.3) is 6.08 Å². The van der Waals surface area contributed by atoms with Crippen LogP contribution < -0.4 is 4.74 Å². The second-order valence-electron chi connectivity index (χ2n) is 5.99. The Morgan fingerprint density at radius 3 is 2.57 bits per heavy atom. The van der Waals surface area contributed by atoms with E-state index in [-0.39, 0.29) is 4.32 Å². The van der Waals surface area contributed by atoms with E-state index in [2.05, 4.69) is 0 Å². The molecule has 1 aliphatic heterocycles. The van der Waals surface area contributed by atoms with Crippen LogP contribution in [0.1, 0.15) is 21.5 Å². The van der Waals surface area contributed by atoms with Crippen LogP contribution in [0.5, 0.6) is 5.75 Å². The van der Waals surface area contributed by atoms with Crippen LogP contribution in [0.2, 0.25) is 0 Å². The van der Waals surface area contributed by atoms with Crippen molar-refractivity contribution in [3.8, 4) is 5.75 Å². The van der Waals surface area contributed by atoms with Gasteiger partial charge in [0.1, 0.15) is 16.6 Å². The summed E-state index contributed by atoms with van der Waals surface area (Å²) in [5, 5.41) is 8.86. The van der Waals surface area contributed by atoms with Gasteiger partial charge in [-0.3, -0.25) is 14.5 Å². The zero-order chi connectivity index (χ0) is 20.3. The van der Waals surface area contributed by atoms with Crippen molar-refractivity contribution in [1.82, 2.24) is 4.90 Å². The van der Waals surface area contributed by atoms with Gasteiger partial charge in [0, 0.05) is 0 Å². The molecule has 1 fully saturated rings. The molecule has 6 nitrogen and oxygen atoms in total. The van der Waals surface area contributed by atoms with E-state index in [1.165, 1.54) is 0 Å². The Labute approximate surface area is 170 Å². The molecule has 0 unspecified atom stereocenters. The number of carbonyl (C=O) groups is 3. The van der Waals surface area contributed by atoms with E-state index in [1.54, 1.807) is 48.5 Å². The first-order chi connectivity index (χ1) is 13.3. The highest BCUT2D eigenvalue weighted by Gasteiger charge is 2.33. The first-order valence-electron chi connectivity index (χ1n) is 8.19. The van der Waals surface area contributed by atoms with Crippen molar-refractivity contribution >= 4 is 52.2 Å². The summed E-state index contributed by atoms with van der Waals surface area (Å²) >= 11 is 6.11. The van der Waals surface area contributed by atoms with Crippen molar-refractivity contribution < 1.29 is 24.2 Å². The zero-order valence-electron chi connectivity index (χ0n) is 14.7. The lowest BCUT2D eigenvalue weighted by Gasteiger charge is -2.10. The molecule has 1 amide bonds. The molecule has 0 atom stereocenters. The largest absolute Gasteiger partial charge is 0.480 e. The van der Waals surface area contributed by atoms with Crippen LogP contribution in [-0.4, -0.2) is 38.7 Å². The van der Waals surface area contributed by atoms with Crippen LogP contribution in [-0.2, 0) is 9.59 Å². The number of thioether (sulfide) groups is 1. The number of hydrogen-bond donors (Lipinski definition) is 1. The Hall–Kier alpha value is -2.97. The van der Waals surface area contributed by atoms with Gasteiger partial charge in [0.05, 0.1) is 10.5 Å². The number of carbonyl (C=O) groups excluding carboxylic acids is 2. The van der Waals surface area contributed by atoms with Crippen molar-refractivity contribution in [2.75, 3.05) is 6.54 Å². The van der Waals surface area contributed by atoms with Crippen LogP contribution in [0, 0.1) is 6.92 Å². The molecule has 3 rings (SSSR count). The summed E-state index contributed by atoms with van der Waals surface area (Å²) in [6.45, 7) is 1.43. The fourth-order valence-corrected chi connectivity index (χ4v) is 3.75. The first kappa shape index (κ1) is 19.8. The van der Waals surface area contributed by atoms with Gasteiger partial charge in [0.2, 0.25) is 0 Å². The number of esters is 1. The maximum Gasteiger partial charge on any atom is 0.343 e. The van der Waals surface area contributed by atoms with E-state index in [0.717, 1.165) is 22.2 Å². The monoisotopic (exact) mass is 413 g/mol. The molecule has 1 heterocycles. The molecule has 2 aromatic rings. The fourth-order valence-electron chi connectivity index (χ4n) is 2.49. The summed E-state index contributed by atoms with van der Waals surface area (Å²) in [5.74, 6) is -1.64. The van der Waals surface area contributed by atoms with Crippen molar-refractivity contribution in [2.24, 2.45) is 0 Å². The summed E-state index contributed by atoms with van der Waals surface area (Å²) in [5.41, 5.74) is 2.13. The quantitative estimate of drug-likeness (QED) is 0.348. The normalized spacial score (nSPS) is 15.2. The smallest absolute Gasteiger partial charge is 0.343 e. The number of ether oxygens (including phenoxy) is 1. The standard InChI is InChI=1S/C20H15NO5S2/c1-12-3-2-4-14(9-12)19(25)26-15-7-5-13(6-8-15)10-16-18(24)21(11-17(22)23)20(27)28-16/h2-10H,11H2,1H3,(H,22,23)/b16-10-. The molecule has 0 spiro atoms. The highest BCUT2D eigenvalue weighted by Crippen LogP contribution is 2.32. The maximum absolute atomic E-state index is 12.3. The van der Waals surface area contributed by atoms with Gasteiger partial charge in [-0.05, 0) is 42.8 Å². The number of carboxylic acid groups (broad SMARTS) is 1. The molecule has 1 saturated heterocycles. The van der Waals surface area contributed by atoms with Crippen molar-refractivity contribution in [3.63, 3.8) is 0 Å². The third-order valence-electron chi connectivity index (χ3n) is 3.81. The molecule has 142 valence electrons. The van der Waals surface area contributed by atoms with Crippen LogP contribution in [0.3, 0.4) is 0 Å². The first-order valence-corrected chi connectivity index (χ1v) is 9.42. The van der Waals surface area contributed by atoms with Gasteiger partial charge in [0.15, 0.2) is 0 Å². The van der Waals surface area contributed by atoms with Gasteiger partial charge in [-0.2, -0.15) is 0 Å². The number of nitrogens with zero attached hydrogens (tertiary/aromatic N) is 1. The van der Waals surface area contributed by atoms with Crippen molar-refractivity contribution in [2.45, 2.75) is 6.92 Å². The number of rotatable bonds is 5. The molecule has 8 heteroatoms. The van der Waals surface area contributed by atoms with Gasteiger partial charge < -0.3 is 9.84 Å². The lowest BCUT2D eigenvalue weighted by molar-refractivity contribution is -0.140. The molecule has 0 radical (unpaired) electrons. The molecule has 0 saturated carbocycles. The summed E-state index contributed by atoms with van der Waals surface area (Å²) in [7, 11) is 0.